The van der Waals surface area contributed by atoms with Crippen LogP contribution in [-0.4, -0.2) is 30.9 Å². The van der Waals surface area contributed by atoms with Crippen molar-refractivity contribution in [2.45, 2.75) is 39.3 Å². The molecule has 0 amide bonds. The predicted octanol–water partition coefficient (Wildman–Crippen LogP) is 4.95. The molecule has 0 bridgehead atoms. The number of aromatic nitrogens is 1. The Morgan fingerprint density at radius 3 is 2.55 bits per heavy atom. The molecular weight excluding hydrogens is 582 g/mol. The van der Waals surface area contributed by atoms with E-state index in [1.807, 2.05) is 13.0 Å². The standard InChI is InChI=1S/C27H25BrF2N2O5S/c1-4-6-19-22(25(34)36-5-2)23(16-9-12-20(35-3)18(28)14-16)32-24(33)21(38-27(32)31-19)13-15-7-10-17(11-8-15)37-26(29)30/h7-14,23,26H,4-6H2,1-3H3/b21-13+/t23-/m0/s1. The maximum Gasteiger partial charge on any atom is 0.387 e. The van der Waals surface area contributed by atoms with Crippen molar-refractivity contribution in [3.8, 4) is 11.5 Å². The van der Waals surface area contributed by atoms with Gasteiger partial charge in [0.15, 0.2) is 4.80 Å². The van der Waals surface area contributed by atoms with E-state index in [9.17, 15) is 18.4 Å². The summed E-state index contributed by atoms with van der Waals surface area (Å²) in [6, 6.07) is 10.6. The molecule has 200 valence electrons. The maximum atomic E-state index is 13.8. The largest absolute Gasteiger partial charge is 0.496 e. The summed E-state index contributed by atoms with van der Waals surface area (Å²) in [5.41, 5.74) is 1.86. The molecule has 1 aliphatic rings. The fourth-order valence-electron chi connectivity index (χ4n) is 4.19. The van der Waals surface area contributed by atoms with Crippen LogP contribution in [0.1, 0.15) is 43.9 Å². The quantitative estimate of drug-likeness (QED) is 0.322. The molecule has 1 aromatic heterocycles. The number of ether oxygens (including phenoxy) is 3. The number of benzene rings is 2. The molecule has 0 saturated carbocycles. The van der Waals surface area contributed by atoms with Gasteiger partial charge >= 0.3 is 12.6 Å². The number of carbonyl (C=O) groups is 1. The lowest BCUT2D eigenvalue weighted by molar-refractivity contribution is -0.139. The second kappa shape index (κ2) is 12.0. The Morgan fingerprint density at radius 2 is 1.95 bits per heavy atom. The molecule has 0 unspecified atom stereocenters. The molecule has 3 aromatic rings. The zero-order valence-electron chi connectivity index (χ0n) is 20.9. The van der Waals surface area contributed by atoms with E-state index in [0.717, 1.165) is 6.42 Å². The lowest BCUT2D eigenvalue weighted by Gasteiger charge is -2.26. The second-order valence-electron chi connectivity index (χ2n) is 8.26. The van der Waals surface area contributed by atoms with E-state index in [4.69, 9.17) is 14.5 Å². The number of alkyl halides is 2. The zero-order valence-corrected chi connectivity index (χ0v) is 23.3. The molecule has 0 saturated heterocycles. The van der Waals surface area contributed by atoms with Crippen molar-refractivity contribution in [2.24, 2.45) is 4.99 Å². The minimum Gasteiger partial charge on any atom is -0.496 e. The lowest BCUT2D eigenvalue weighted by atomic mass is 9.94. The first-order chi connectivity index (χ1) is 18.3. The van der Waals surface area contributed by atoms with Gasteiger partial charge in [0.05, 0.1) is 40.0 Å². The number of esters is 1. The highest BCUT2D eigenvalue weighted by atomic mass is 79.9. The fraction of sp³-hybridized carbons (Fsp3) is 0.296. The highest BCUT2D eigenvalue weighted by molar-refractivity contribution is 9.10. The summed E-state index contributed by atoms with van der Waals surface area (Å²) in [7, 11) is 1.55. The lowest BCUT2D eigenvalue weighted by Crippen LogP contribution is -2.40. The Labute approximate surface area is 229 Å². The summed E-state index contributed by atoms with van der Waals surface area (Å²) in [5, 5.41) is 0. The molecule has 2 aromatic carbocycles. The Hall–Kier alpha value is -3.31. The van der Waals surface area contributed by atoms with Gasteiger partial charge in [0, 0.05) is 0 Å². The molecule has 0 fully saturated rings. The van der Waals surface area contributed by atoms with Crippen LogP contribution in [0.2, 0.25) is 0 Å². The van der Waals surface area contributed by atoms with E-state index in [-0.39, 0.29) is 17.9 Å². The smallest absolute Gasteiger partial charge is 0.387 e. The van der Waals surface area contributed by atoms with Gasteiger partial charge in [-0.05, 0) is 70.7 Å². The van der Waals surface area contributed by atoms with Gasteiger partial charge in [-0.2, -0.15) is 8.78 Å². The number of fused-ring (bicyclic) bond motifs is 1. The van der Waals surface area contributed by atoms with Crippen LogP contribution in [0.4, 0.5) is 8.78 Å². The van der Waals surface area contributed by atoms with Gasteiger partial charge in [0.1, 0.15) is 11.5 Å². The molecule has 7 nitrogen and oxygen atoms in total. The average Bonchev–Trinajstić information content (AvgIpc) is 3.18. The average molecular weight is 607 g/mol. The molecule has 2 heterocycles. The molecule has 0 radical (unpaired) electrons. The van der Waals surface area contributed by atoms with Crippen LogP contribution in [0.5, 0.6) is 11.5 Å². The summed E-state index contributed by atoms with van der Waals surface area (Å²) in [5.74, 6) is 0.100. The third-order valence-electron chi connectivity index (χ3n) is 5.79. The van der Waals surface area contributed by atoms with E-state index in [0.29, 0.717) is 48.4 Å². The van der Waals surface area contributed by atoms with E-state index in [1.165, 1.54) is 28.0 Å². The van der Waals surface area contributed by atoms with Crippen LogP contribution in [0.15, 0.2) is 68.0 Å². The van der Waals surface area contributed by atoms with Crippen LogP contribution in [0, 0.1) is 0 Å². The van der Waals surface area contributed by atoms with Crippen LogP contribution < -0.4 is 24.4 Å². The molecule has 1 aliphatic heterocycles. The third-order valence-corrected chi connectivity index (χ3v) is 7.39. The summed E-state index contributed by atoms with van der Waals surface area (Å²) in [6.07, 6.45) is 2.92. The summed E-state index contributed by atoms with van der Waals surface area (Å²) in [6.45, 7) is 0.967. The fourth-order valence-corrected chi connectivity index (χ4v) is 5.76. The normalized spacial score (nSPS) is 15.3. The SMILES string of the molecule is CCCC1=C(C(=O)OCC)[C@H](c2ccc(OC)c(Br)c2)n2c(s/c(=C/c3ccc(OC(F)F)cc3)c2=O)=N1. The number of nitrogens with zero attached hydrogens (tertiary/aromatic N) is 2. The number of thiazole rings is 1. The number of allylic oxidation sites excluding steroid dienone is 1. The first-order valence-corrected chi connectivity index (χ1v) is 13.5. The van der Waals surface area contributed by atoms with Crippen LogP contribution >= 0.6 is 27.3 Å². The van der Waals surface area contributed by atoms with Crippen LogP contribution in [0.25, 0.3) is 6.08 Å². The maximum absolute atomic E-state index is 13.8. The first kappa shape index (κ1) is 27.7. The molecule has 11 heteroatoms. The molecule has 38 heavy (non-hydrogen) atoms. The molecule has 4 rings (SSSR count). The highest BCUT2D eigenvalue weighted by Gasteiger charge is 2.34. The summed E-state index contributed by atoms with van der Waals surface area (Å²) >= 11 is 4.70. The minimum absolute atomic E-state index is 0.0204. The van der Waals surface area contributed by atoms with Gasteiger partial charge in [-0.3, -0.25) is 9.36 Å². The number of halogens is 3. The van der Waals surface area contributed by atoms with Crippen LogP contribution in [0.3, 0.4) is 0 Å². The predicted molar refractivity (Wildman–Crippen MR) is 143 cm³/mol. The molecule has 0 N–H and O–H groups in total. The zero-order chi connectivity index (χ0) is 27.4. The Morgan fingerprint density at radius 1 is 1.21 bits per heavy atom. The first-order valence-electron chi connectivity index (χ1n) is 11.9. The topological polar surface area (TPSA) is 79.1 Å². The van der Waals surface area contributed by atoms with Crippen molar-refractivity contribution in [3.63, 3.8) is 0 Å². The van der Waals surface area contributed by atoms with E-state index in [1.54, 1.807) is 44.4 Å². The molecule has 0 aliphatic carbocycles. The van der Waals surface area contributed by atoms with Crippen molar-refractivity contribution < 1.29 is 27.8 Å². The van der Waals surface area contributed by atoms with Gasteiger partial charge in [-0.15, -0.1) is 0 Å². The van der Waals surface area contributed by atoms with Crippen molar-refractivity contribution in [1.29, 1.82) is 0 Å². The van der Waals surface area contributed by atoms with Gasteiger partial charge in [0.25, 0.3) is 5.56 Å². The number of rotatable bonds is 9. The monoisotopic (exact) mass is 606 g/mol. The van der Waals surface area contributed by atoms with E-state index < -0.39 is 18.6 Å². The Balaban J connectivity index is 1.92. The van der Waals surface area contributed by atoms with Gasteiger partial charge in [0.2, 0.25) is 0 Å². The van der Waals surface area contributed by atoms with Crippen molar-refractivity contribution in [1.82, 2.24) is 4.57 Å². The van der Waals surface area contributed by atoms with Gasteiger partial charge in [-0.25, -0.2) is 9.79 Å². The Kier molecular flexibility index (Phi) is 8.78. The van der Waals surface area contributed by atoms with E-state index in [2.05, 4.69) is 20.7 Å². The van der Waals surface area contributed by atoms with Crippen LogP contribution in [-0.2, 0) is 9.53 Å². The van der Waals surface area contributed by atoms with Gasteiger partial charge in [-0.1, -0.05) is 42.9 Å². The summed E-state index contributed by atoms with van der Waals surface area (Å²) in [4.78, 5) is 32.2. The third kappa shape index (κ3) is 5.73. The highest BCUT2D eigenvalue weighted by Crippen LogP contribution is 2.36. The number of hydrogen-bond acceptors (Lipinski definition) is 7. The summed E-state index contributed by atoms with van der Waals surface area (Å²) < 4.78 is 42.7. The van der Waals surface area contributed by atoms with Gasteiger partial charge < -0.3 is 14.2 Å². The van der Waals surface area contributed by atoms with Crippen molar-refractivity contribution >= 4 is 39.3 Å². The Bertz CT molecular complexity index is 1550. The van der Waals surface area contributed by atoms with Crippen molar-refractivity contribution in [2.75, 3.05) is 13.7 Å². The van der Waals surface area contributed by atoms with Crippen molar-refractivity contribution in [3.05, 3.63) is 89.0 Å². The molecular formula is C27H25BrF2N2O5S. The van der Waals surface area contributed by atoms with E-state index >= 15 is 0 Å². The second-order valence-corrected chi connectivity index (χ2v) is 10.1. The number of hydrogen-bond donors (Lipinski definition) is 0. The number of methoxy groups -OCH3 is 1. The molecule has 0 spiro atoms. The number of carbonyl (C=O) groups excluding carboxylic acids is 1. The molecule has 1 atom stereocenters. The minimum atomic E-state index is -2.92.